The fraction of sp³-hybridized carbons (Fsp3) is 0.350. The highest BCUT2D eigenvalue weighted by atomic mass is 19.4. The second kappa shape index (κ2) is 9.21. The first kappa shape index (κ1) is 22.3. The maximum absolute atomic E-state index is 12.9. The topological polar surface area (TPSA) is 109 Å². The number of halogens is 3. The summed E-state index contributed by atoms with van der Waals surface area (Å²) in [5.74, 6) is -1.62. The molecule has 0 bridgehead atoms. The predicted molar refractivity (Wildman–Crippen MR) is 99.6 cm³/mol. The van der Waals surface area contributed by atoms with Crippen molar-refractivity contribution in [1.82, 2.24) is 9.88 Å². The molecule has 0 saturated carbocycles. The zero-order valence-corrected chi connectivity index (χ0v) is 16.1. The van der Waals surface area contributed by atoms with Crippen LogP contribution < -0.4 is 9.47 Å². The highest BCUT2D eigenvalue weighted by Gasteiger charge is 2.38. The third-order valence-corrected chi connectivity index (χ3v) is 4.80. The van der Waals surface area contributed by atoms with E-state index in [1.54, 1.807) is 35.5 Å². The lowest BCUT2D eigenvalue weighted by Gasteiger charge is -2.26. The van der Waals surface area contributed by atoms with E-state index in [-0.39, 0.29) is 18.7 Å². The lowest BCUT2D eigenvalue weighted by Crippen LogP contribution is -2.41. The summed E-state index contributed by atoms with van der Waals surface area (Å²) in [4.78, 5) is 27.6. The maximum Gasteiger partial charge on any atom is 0.490 e. The molecule has 1 fully saturated rings. The highest BCUT2D eigenvalue weighted by molar-refractivity contribution is 5.95. The van der Waals surface area contributed by atoms with Crippen LogP contribution in [0, 0.1) is 0 Å². The molecule has 2 atom stereocenters. The molecule has 11 heteroatoms. The van der Waals surface area contributed by atoms with Crippen LogP contribution in [0.15, 0.2) is 42.7 Å². The van der Waals surface area contributed by atoms with Gasteiger partial charge >= 0.3 is 12.1 Å². The molecule has 166 valence electrons. The van der Waals surface area contributed by atoms with Gasteiger partial charge in [-0.25, -0.2) is 4.79 Å². The first-order valence-corrected chi connectivity index (χ1v) is 9.24. The van der Waals surface area contributed by atoms with E-state index in [1.165, 1.54) is 0 Å². The zero-order chi connectivity index (χ0) is 22.6. The number of fused-ring (bicyclic) bond motifs is 1. The average molecular weight is 440 g/mol. The summed E-state index contributed by atoms with van der Waals surface area (Å²) in [5, 5.41) is 17.4. The number of aliphatic carboxylic acids is 1. The quantitative estimate of drug-likeness (QED) is 0.754. The molecule has 2 aliphatic rings. The highest BCUT2D eigenvalue weighted by Crippen LogP contribution is 2.33. The standard InChI is InChI=1S/C18H18N2O4.C2HF3O2/c21-15-5-7-20(14(15)8-12-2-1-6-19-10-12)18(22)13-3-4-16-17(9-13)24-11-23-16;3-2(4,5)1(6)7/h1-4,6,9-10,14-15,21H,5,7-8,11H2;(H,6,7)/t14-,15+;/m0./s1. The van der Waals surface area contributed by atoms with Gasteiger partial charge in [0.1, 0.15) is 0 Å². The predicted octanol–water partition coefficient (Wildman–Crippen LogP) is 2.26. The molecule has 2 aromatic rings. The smallest absolute Gasteiger partial charge is 0.475 e. The number of aliphatic hydroxyl groups excluding tert-OH is 1. The summed E-state index contributed by atoms with van der Waals surface area (Å²) >= 11 is 0. The van der Waals surface area contributed by atoms with Crippen LogP contribution in [0.2, 0.25) is 0 Å². The van der Waals surface area contributed by atoms with Crippen LogP contribution in [0.25, 0.3) is 0 Å². The Morgan fingerprint density at radius 1 is 1.19 bits per heavy atom. The number of nitrogens with zero attached hydrogens (tertiary/aromatic N) is 2. The lowest BCUT2D eigenvalue weighted by molar-refractivity contribution is -0.192. The van der Waals surface area contributed by atoms with E-state index in [0.29, 0.717) is 36.4 Å². The number of amides is 1. The van der Waals surface area contributed by atoms with Gasteiger partial charge in [0.15, 0.2) is 11.5 Å². The van der Waals surface area contributed by atoms with Crippen molar-refractivity contribution < 1.29 is 42.4 Å². The molecule has 3 heterocycles. The second-order valence-electron chi connectivity index (χ2n) is 6.86. The summed E-state index contributed by atoms with van der Waals surface area (Å²) in [6, 6.07) is 8.77. The molecule has 0 radical (unpaired) electrons. The van der Waals surface area contributed by atoms with Gasteiger partial charge in [-0.3, -0.25) is 9.78 Å². The van der Waals surface area contributed by atoms with Crippen molar-refractivity contribution in [3.63, 3.8) is 0 Å². The molecule has 1 amide bonds. The molecule has 0 unspecified atom stereocenters. The van der Waals surface area contributed by atoms with Crippen LogP contribution >= 0.6 is 0 Å². The number of carbonyl (C=O) groups excluding carboxylic acids is 1. The van der Waals surface area contributed by atoms with Crippen molar-refractivity contribution in [2.24, 2.45) is 0 Å². The molecule has 1 saturated heterocycles. The zero-order valence-electron chi connectivity index (χ0n) is 16.1. The van der Waals surface area contributed by atoms with Crippen LogP contribution in [0.4, 0.5) is 13.2 Å². The Kier molecular flexibility index (Phi) is 6.64. The van der Waals surface area contributed by atoms with Gasteiger partial charge < -0.3 is 24.6 Å². The molecule has 4 rings (SSSR count). The van der Waals surface area contributed by atoms with Crippen LogP contribution in [0.5, 0.6) is 11.5 Å². The van der Waals surface area contributed by atoms with E-state index >= 15 is 0 Å². The molecular weight excluding hydrogens is 421 g/mol. The Hall–Kier alpha value is -3.34. The number of hydrogen-bond acceptors (Lipinski definition) is 6. The summed E-state index contributed by atoms with van der Waals surface area (Å²) in [5.41, 5.74) is 1.55. The third-order valence-electron chi connectivity index (χ3n) is 4.80. The fourth-order valence-electron chi connectivity index (χ4n) is 3.29. The number of carbonyl (C=O) groups is 2. The number of rotatable bonds is 3. The first-order chi connectivity index (χ1) is 14.7. The monoisotopic (exact) mass is 440 g/mol. The number of ether oxygens (including phenoxy) is 2. The summed E-state index contributed by atoms with van der Waals surface area (Å²) < 4.78 is 42.4. The largest absolute Gasteiger partial charge is 0.490 e. The van der Waals surface area contributed by atoms with Gasteiger partial charge in [-0.2, -0.15) is 13.2 Å². The van der Waals surface area contributed by atoms with Crippen molar-refractivity contribution in [2.45, 2.75) is 31.2 Å². The Balaban J connectivity index is 0.000000339. The second-order valence-corrected chi connectivity index (χ2v) is 6.86. The van der Waals surface area contributed by atoms with E-state index in [4.69, 9.17) is 19.4 Å². The minimum atomic E-state index is -5.08. The van der Waals surface area contributed by atoms with Crippen molar-refractivity contribution in [3.8, 4) is 11.5 Å². The molecule has 2 N–H and O–H groups in total. The third kappa shape index (κ3) is 5.43. The van der Waals surface area contributed by atoms with Crippen molar-refractivity contribution in [3.05, 3.63) is 53.9 Å². The van der Waals surface area contributed by atoms with Crippen molar-refractivity contribution >= 4 is 11.9 Å². The SMILES string of the molecule is O=C(O)C(F)(F)F.O=C(c1ccc2c(c1)OCO2)N1CC[C@@H](O)[C@@H]1Cc1cccnc1. The summed E-state index contributed by atoms with van der Waals surface area (Å²) in [7, 11) is 0. The van der Waals surface area contributed by atoms with Gasteiger partial charge in [0, 0.05) is 24.5 Å². The maximum atomic E-state index is 12.9. The lowest BCUT2D eigenvalue weighted by atomic mass is 10.0. The van der Waals surface area contributed by atoms with Gasteiger partial charge in [-0.05, 0) is 42.7 Å². The Morgan fingerprint density at radius 2 is 1.90 bits per heavy atom. The molecule has 8 nitrogen and oxygen atoms in total. The van der Waals surface area contributed by atoms with E-state index < -0.39 is 18.2 Å². The number of hydrogen-bond donors (Lipinski definition) is 2. The minimum Gasteiger partial charge on any atom is -0.475 e. The number of likely N-dealkylation sites (tertiary alicyclic amines) is 1. The molecule has 2 aliphatic heterocycles. The Bertz CT molecular complexity index is 938. The normalized spacial score (nSPS) is 19.5. The van der Waals surface area contributed by atoms with E-state index in [0.717, 1.165) is 5.56 Å². The first-order valence-electron chi connectivity index (χ1n) is 9.24. The number of pyridine rings is 1. The summed E-state index contributed by atoms with van der Waals surface area (Å²) in [6.07, 6.45) is -0.951. The van der Waals surface area contributed by atoms with Crippen LogP contribution in [0.1, 0.15) is 22.3 Å². The van der Waals surface area contributed by atoms with Gasteiger partial charge in [-0.15, -0.1) is 0 Å². The van der Waals surface area contributed by atoms with E-state index in [9.17, 15) is 23.1 Å². The number of alkyl halides is 3. The summed E-state index contributed by atoms with van der Waals surface area (Å²) in [6.45, 7) is 0.721. The van der Waals surface area contributed by atoms with E-state index in [2.05, 4.69) is 4.98 Å². The molecular formula is C20H19F3N2O6. The van der Waals surface area contributed by atoms with Gasteiger partial charge in [0.05, 0.1) is 12.1 Å². The molecule has 1 aromatic heterocycles. The molecule has 0 aliphatic carbocycles. The Morgan fingerprint density at radius 3 is 2.55 bits per heavy atom. The number of carboxylic acid groups (broad SMARTS) is 1. The number of carboxylic acids is 1. The van der Waals surface area contributed by atoms with Gasteiger partial charge in [0.25, 0.3) is 5.91 Å². The number of benzene rings is 1. The number of aliphatic hydroxyl groups is 1. The van der Waals surface area contributed by atoms with E-state index in [1.807, 2.05) is 12.1 Å². The molecule has 1 aromatic carbocycles. The average Bonchev–Trinajstić information content (AvgIpc) is 3.34. The van der Waals surface area contributed by atoms with Gasteiger partial charge in [0.2, 0.25) is 6.79 Å². The van der Waals surface area contributed by atoms with Crippen LogP contribution in [-0.2, 0) is 11.2 Å². The Labute approximate surface area is 174 Å². The molecule has 0 spiro atoms. The van der Waals surface area contributed by atoms with Gasteiger partial charge in [-0.1, -0.05) is 6.07 Å². The van der Waals surface area contributed by atoms with Crippen LogP contribution in [0.3, 0.4) is 0 Å². The number of aromatic nitrogens is 1. The van der Waals surface area contributed by atoms with Crippen molar-refractivity contribution in [2.75, 3.05) is 13.3 Å². The van der Waals surface area contributed by atoms with Crippen LogP contribution in [-0.4, -0.2) is 63.6 Å². The fourth-order valence-corrected chi connectivity index (χ4v) is 3.29. The van der Waals surface area contributed by atoms with Crippen molar-refractivity contribution in [1.29, 1.82) is 0 Å². The minimum absolute atomic E-state index is 0.0984. The molecule has 31 heavy (non-hydrogen) atoms.